The van der Waals surface area contributed by atoms with Crippen molar-refractivity contribution >= 4 is 34.1 Å². The highest BCUT2D eigenvalue weighted by Gasteiger charge is 2.49. The van der Waals surface area contributed by atoms with Crippen LogP contribution in [0.3, 0.4) is 0 Å². The first kappa shape index (κ1) is 19.8. The van der Waals surface area contributed by atoms with Crippen LogP contribution in [0.2, 0.25) is 0 Å². The third kappa shape index (κ3) is 4.24. The van der Waals surface area contributed by atoms with Crippen molar-refractivity contribution < 1.29 is 26.8 Å². The minimum absolute atomic E-state index is 0.127. The molecule has 3 fully saturated rings. The van der Waals surface area contributed by atoms with Gasteiger partial charge in [-0.2, -0.15) is 18.5 Å². The summed E-state index contributed by atoms with van der Waals surface area (Å²) < 4.78 is 35.1. The molecule has 2 atom stereocenters. The van der Waals surface area contributed by atoms with E-state index in [1.54, 1.807) is 12.3 Å². The van der Waals surface area contributed by atoms with Crippen LogP contribution in [0.5, 0.6) is 0 Å². The monoisotopic (exact) mass is 427 g/mol. The number of amides is 3. The largest absolute Gasteiger partial charge is 0.418 e. The Hall–Kier alpha value is -2.55. The number of rotatable bonds is 5. The van der Waals surface area contributed by atoms with Crippen LogP contribution in [0.25, 0.3) is 0 Å². The highest BCUT2D eigenvalue weighted by molar-refractivity contribution is 7.80. The van der Waals surface area contributed by atoms with Crippen LogP contribution in [-0.4, -0.2) is 89.6 Å². The summed E-state index contributed by atoms with van der Waals surface area (Å²) >= 11 is 0. The molecule has 1 aromatic heterocycles. The van der Waals surface area contributed by atoms with E-state index in [9.17, 15) is 18.0 Å². The molecule has 3 saturated heterocycles. The van der Waals surface area contributed by atoms with Crippen LogP contribution in [0.1, 0.15) is 12.8 Å². The average Bonchev–Trinajstić information content (AvgIpc) is 2.92. The van der Waals surface area contributed by atoms with E-state index in [0.29, 0.717) is 29.7 Å². The summed E-state index contributed by atoms with van der Waals surface area (Å²) in [4.78, 5) is 37.0. The summed E-state index contributed by atoms with van der Waals surface area (Å²) in [5.74, 6) is 0.395. The quantitative estimate of drug-likeness (QED) is 0.489. The maximum absolute atomic E-state index is 12.8. The summed E-state index contributed by atoms with van der Waals surface area (Å²) in [5.41, 5.74) is 0. The molecular formula is C15H21N7O6S. The minimum Gasteiger partial charge on any atom is -0.338 e. The second kappa shape index (κ2) is 7.70. The molecule has 0 aliphatic carbocycles. The van der Waals surface area contributed by atoms with Gasteiger partial charge in [-0.1, -0.05) is 0 Å². The fraction of sp³-hybridized carbons (Fsp3) is 0.600. The molecule has 4 rings (SSSR count). The smallest absolute Gasteiger partial charge is 0.338 e. The van der Waals surface area contributed by atoms with Gasteiger partial charge in [0.2, 0.25) is 11.9 Å². The van der Waals surface area contributed by atoms with Gasteiger partial charge in [-0.05, 0) is 18.9 Å². The number of aromatic nitrogens is 2. The highest BCUT2D eigenvalue weighted by Crippen LogP contribution is 2.31. The Kier molecular flexibility index (Phi) is 5.24. The molecular weight excluding hydrogens is 406 g/mol. The van der Waals surface area contributed by atoms with Gasteiger partial charge < -0.3 is 20.4 Å². The van der Waals surface area contributed by atoms with E-state index in [4.69, 9.17) is 4.55 Å². The zero-order valence-corrected chi connectivity index (χ0v) is 16.2. The molecule has 158 valence electrons. The van der Waals surface area contributed by atoms with Crippen molar-refractivity contribution in [1.29, 1.82) is 0 Å². The fourth-order valence-electron chi connectivity index (χ4n) is 3.75. The van der Waals surface area contributed by atoms with Crippen molar-refractivity contribution in [3.63, 3.8) is 0 Å². The van der Waals surface area contributed by atoms with Crippen LogP contribution < -0.4 is 15.5 Å². The van der Waals surface area contributed by atoms with E-state index in [1.807, 2.05) is 4.90 Å². The number of hydrogen-bond donors (Lipinski definition) is 3. The summed E-state index contributed by atoms with van der Waals surface area (Å²) in [6, 6.07) is -0.568. The van der Waals surface area contributed by atoms with Crippen molar-refractivity contribution in [1.82, 2.24) is 25.2 Å². The number of nitrogens with zero attached hydrogens (tertiary/aromatic N) is 5. The molecule has 0 unspecified atom stereocenters. The zero-order chi connectivity index (χ0) is 20.6. The summed E-state index contributed by atoms with van der Waals surface area (Å²) in [6.07, 6.45) is 2.23. The lowest BCUT2D eigenvalue weighted by atomic mass is 10.0. The predicted molar refractivity (Wildman–Crippen MR) is 99.1 cm³/mol. The molecule has 3 aliphatic rings. The van der Waals surface area contributed by atoms with Gasteiger partial charge in [0.1, 0.15) is 11.9 Å². The minimum atomic E-state index is -4.83. The van der Waals surface area contributed by atoms with Crippen LogP contribution in [0.15, 0.2) is 12.3 Å². The lowest BCUT2D eigenvalue weighted by Crippen LogP contribution is -2.47. The first-order valence-electron chi connectivity index (χ1n) is 9.18. The lowest BCUT2D eigenvalue weighted by molar-refractivity contribution is -0.120. The third-order valence-electron chi connectivity index (χ3n) is 5.09. The van der Waals surface area contributed by atoms with E-state index in [1.165, 1.54) is 4.90 Å². The molecule has 14 heteroatoms. The molecule has 3 N–H and O–H groups in total. The molecule has 0 radical (unpaired) electrons. The fourth-order valence-corrected chi connectivity index (χ4v) is 4.14. The van der Waals surface area contributed by atoms with Crippen molar-refractivity contribution in [2.24, 2.45) is 0 Å². The maximum Gasteiger partial charge on any atom is 0.418 e. The van der Waals surface area contributed by atoms with Gasteiger partial charge in [0.15, 0.2) is 0 Å². The van der Waals surface area contributed by atoms with Gasteiger partial charge in [0, 0.05) is 38.9 Å². The Balaban J connectivity index is 1.44. The second-order valence-electron chi connectivity index (χ2n) is 6.98. The number of anilines is 2. The molecule has 3 aliphatic heterocycles. The van der Waals surface area contributed by atoms with Gasteiger partial charge in [-0.3, -0.25) is 9.35 Å². The number of carbonyl (C=O) groups excluding carboxylic acids is 2. The van der Waals surface area contributed by atoms with Crippen LogP contribution in [-0.2, 0) is 19.5 Å². The average molecular weight is 427 g/mol. The van der Waals surface area contributed by atoms with Crippen LogP contribution in [0.4, 0.5) is 16.6 Å². The second-order valence-corrected chi connectivity index (χ2v) is 7.98. The number of hydrogen-bond acceptors (Lipinski definition) is 9. The first-order valence-corrected chi connectivity index (χ1v) is 10.5. The van der Waals surface area contributed by atoms with Gasteiger partial charge in [-0.25, -0.2) is 9.78 Å². The number of carbonyl (C=O) groups is 2. The summed E-state index contributed by atoms with van der Waals surface area (Å²) in [5, 5.41) is 6.55. The van der Waals surface area contributed by atoms with E-state index in [0.717, 1.165) is 26.2 Å². The van der Waals surface area contributed by atoms with Gasteiger partial charge in [0.25, 0.3) is 0 Å². The summed E-state index contributed by atoms with van der Waals surface area (Å²) in [6.45, 7) is 3.29. The number of nitrogens with one attached hydrogen (secondary N) is 2. The summed E-state index contributed by atoms with van der Waals surface area (Å²) in [7, 11) is -4.83. The standard InChI is InChI=1S/C15H21N7O6S/c23-13(18-12-3-4-17-14(19-12)20-7-5-16-6-8-20)11-2-1-10-9-21(11)15(24)22(10)28-29(25,26)27/h3-4,10-11,16H,1-2,5-9H2,(H,25,26,27)(H,17,18,19,23)/t10-,11+/m1/s1. The van der Waals surface area contributed by atoms with Gasteiger partial charge in [-0.15, -0.1) is 4.28 Å². The Bertz CT molecular complexity index is 906. The number of fused-ring (bicyclic) bond motifs is 2. The topological polar surface area (TPSA) is 157 Å². The molecule has 0 spiro atoms. The highest BCUT2D eigenvalue weighted by atomic mass is 32.3. The van der Waals surface area contributed by atoms with Gasteiger partial charge in [0.05, 0.1) is 6.04 Å². The van der Waals surface area contributed by atoms with Crippen molar-refractivity contribution in [2.75, 3.05) is 42.9 Å². The number of hydroxylamine groups is 2. The first-order chi connectivity index (χ1) is 13.8. The van der Waals surface area contributed by atoms with Crippen molar-refractivity contribution in [2.45, 2.75) is 24.9 Å². The Labute approximate surface area is 166 Å². The number of urea groups is 1. The zero-order valence-electron chi connectivity index (χ0n) is 15.4. The number of piperidine rings is 1. The third-order valence-corrected chi connectivity index (χ3v) is 5.44. The Morgan fingerprint density at radius 2 is 2.07 bits per heavy atom. The van der Waals surface area contributed by atoms with E-state index >= 15 is 0 Å². The normalized spacial score (nSPS) is 24.7. The molecule has 0 saturated carbocycles. The Morgan fingerprint density at radius 1 is 1.31 bits per heavy atom. The lowest BCUT2D eigenvalue weighted by Gasteiger charge is -2.29. The molecule has 2 bridgehead atoms. The molecule has 0 aromatic carbocycles. The molecule has 13 nitrogen and oxygen atoms in total. The predicted octanol–water partition coefficient (Wildman–Crippen LogP) is -1.17. The van der Waals surface area contributed by atoms with Crippen molar-refractivity contribution in [3.05, 3.63) is 12.3 Å². The molecule has 3 amide bonds. The van der Waals surface area contributed by atoms with Crippen LogP contribution >= 0.6 is 0 Å². The van der Waals surface area contributed by atoms with Crippen molar-refractivity contribution in [3.8, 4) is 0 Å². The van der Waals surface area contributed by atoms with E-state index < -0.39 is 34.4 Å². The molecule has 4 heterocycles. The molecule has 1 aromatic rings. The van der Waals surface area contributed by atoms with E-state index in [-0.39, 0.29) is 6.54 Å². The van der Waals surface area contributed by atoms with Crippen LogP contribution in [0, 0.1) is 0 Å². The van der Waals surface area contributed by atoms with Gasteiger partial charge >= 0.3 is 16.4 Å². The Morgan fingerprint density at radius 3 is 2.79 bits per heavy atom. The number of piperazine rings is 1. The molecule has 29 heavy (non-hydrogen) atoms. The maximum atomic E-state index is 12.8. The van der Waals surface area contributed by atoms with E-state index in [2.05, 4.69) is 24.9 Å². The SMILES string of the molecule is O=C(Nc1ccnc(N2CCNCC2)n1)[C@@H]1CC[C@@H]2CN1C(=O)N2OS(=O)(=O)O.